The predicted octanol–water partition coefficient (Wildman–Crippen LogP) is 3.91. The molecule has 0 aliphatic rings. The highest BCUT2D eigenvalue weighted by atomic mass is 14.8. The maximum atomic E-state index is 5.42. The van der Waals surface area contributed by atoms with Gasteiger partial charge in [-0.2, -0.15) is 0 Å². The van der Waals surface area contributed by atoms with Crippen LogP contribution in [0.4, 0.5) is 0 Å². The van der Waals surface area contributed by atoms with Crippen LogP contribution in [-0.4, -0.2) is 7.05 Å². The number of rotatable bonds is 4. The molecule has 1 N–H and O–H groups in total. The Hall–Kier alpha value is -1.42. The molecule has 0 aromatic carbocycles. The first kappa shape index (κ1) is 17.0. The molecule has 1 nitrogen and oxygen atoms in total. The Morgan fingerprint density at radius 3 is 2.19 bits per heavy atom. The molecule has 0 unspecified atom stereocenters. The maximum Gasteiger partial charge on any atom is 0.0444 e. The van der Waals surface area contributed by atoms with Crippen LogP contribution in [0.25, 0.3) is 0 Å². The van der Waals surface area contributed by atoms with Crippen molar-refractivity contribution in [1.29, 1.82) is 0 Å². The van der Waals surface area contributed by atoms with E-state index in [4.69, 9.17) is 6.42 Å². The standard InChI is InChI=1S/C13H19N.C2H6/c1-7-9-12(14-6)13(10(3)4)11(5)8-2;1-2/h2,7,9,11,14H,3H2,1,4-6H3;1-2H3/b9-7-,13-12+;/t11-;/m0./s1. The smallest absolute Gasteiger partial charge is 0.0444 e. The van der Waals surface area contributed by atoms with Gasteiger partial charge in [0.1, 0.15) is 0 Å². The molecule has 1 heteroatoms. The molecule has 0 rings (SSSR count). The molecule has 16 heavy (non-hydrogen) atoms. The van der Waals surface area contributed by atoms with Gasteiger partial charge < -0.3 is 5.32 Å². The van der Waals surface area contributed by atoms with Crippen LogP contribution in [0.2, 0.25) is 0 Å². The zero-order valence-corrected chi connectivity index (χ0v) is 11.5. The summed E-state index contributed by atoms with van der Waals surface area (Å²) in [4.78, 5) is 0. The molecule has 0 spiro atoms. The van der Waals surface area contributed by atoms with Crippen LogP contribution in [0.1, 0.15) is 34.6 Å². The molecule has 90 valence electrons. The Morgan fingerprint density at radius 2 is 1.94 bits per heavy atom. The summed E-state index contributed by atoms with van der Waals surface area (Å²) in [6.45, 7) is 13.9. The minimum atomic E-state index is 0.0890. The first-order chi connectivity index (χ1) is 7.58. The number of hydrogen-bond acceptors (Lipinski definition) is 1. The summed E-state index contributed by atoms with van der Waals surface area (Å²) in [5.74, 6) is 2.82. The van der Waals surface area contributed by atoms with E-state index in [9.17, 15) is 0 Å². The van der Waals surface area contributed by atoms with Crippen molar-refractivity contribution in [2.45, 2.75) is 34.6 Å². The lowest BCUT2D eigenvalue weighted by Crippen LogP contribution is -2.11. The summed E-state index contributed by atoms with van der Waals surface area (Å²) >= 11 is 0. The fourth-order valence-electron chi connectivity index (χ4n) is 1.39. The van der Waals surface area contributed by atoms with Gasteiger partial charge in [0.15, 0.2) is 0 Å². The topological polar surface area (TPSA) is 12.0 Å². The van der Waals surface area contributed by atoms with Gasteiger partial charge >= 0.3 is 0 Å². The van der Waals surface area contributed by atoms with Gasteiger partial charge in [-0.05, 0) is 32.4 Å². The zero-order valence-electron chi connectivity index (χ0n) is 11.5. The van der Waals surface area contributed by atoms with Crippen molar-refractivity contribution < 1.29 is 0 Å². The second-order valence-corrected chi connectivity index (χ2v) is 3.25. The van der Waals surface area contributed by atoms with Crippen molar-refractivity contribution in [2.75, 3.05) is 7.05 Å². The van der Waals surface area contributed by atoms with E-state index < -0.39 is 0 Å². The largest absolute Gasteiger partial charge is 0.388 e. The average molecular weight is 219 g/mol. The number of terminal acetylenes is 1. The van der Waals surface area contributed by atoms with Gasteiger partial charge in [-0.15, -0.1) is 6.42 Å². The summed E-state index contributed by atoms with van der Waals surface area (Å²) in [6, 6.07) is 0. The normalized spacial score (nSPS) is 13.1. The fraction of sp³-hybridized carbons (Fsp3) is 0.467. The minimum Gasteiger partial charge on any atom is -0.388 e. The van der Waals surface area contributed by atoms with Crippen LogP contribution in [-0.2, 0) is 0 Å². The Balaban J connectivity index is 0. The van der Waals surface area contributed by atoms with Gasteiger partial charge in [0.05, 0.1) is 0 Å². The van der Waals surface area contributed by atoms with Crippen LogP contribution < -0.4 is 5.32 Å². The Kier molecular flexibility index (Phi) is 10.7. The maximum absolute atomic E-state index is 5.42. The van der Waals surface area contributed by atoms with E-state index in [-0.39, 0.29) is 5.92 Å². The number of allylic oxidation sites excluding steroid dienone is 4. The monoisotopic (exact) mass is 219 g/mol. The number of nitrogens with one attached hydrogen (secondary N) is 1. The third-order valence-corrected chi connectivity index (χ3v) is 2.04. The van der Waals surface area contributed by atoms with E-state index in [1.807, 2.05) is 53.8 Å². The molecule has 0 saturated heterocycles. The molecular weight excluding hydrogens is 194 g/mol. The van der Waals surface area contributed by atoms with Crippen molar-refractivity contribution in [3.63, 3.8) is 0 Å². The average Bonchev–Trinajstić information content (AvgIpc) is 2.30. The van der Waals surface area contributed by atoms with Gasteiger partial charge in [0.25, 0.3) is 0 Å². The summed E-state index contributed by atoms with van der Waals surface area (Å²) in [5, 5.41) is 3.14. The van der Waals surface area contributed by atoms with Gasteiger partial charge in [0, 0.05) is 18.7 Å². The first-order valence-electron chi connectivity index (χ1n) is 5.75. The molecule has 0 aromatic heterocycles. The minimum absolute atomic E-state index is 0.0890. The van der Waals surface area contributed by atoms with E-state index >= 15 is 0 Å². The highest BCUT2D eigenvalue weighted by Crippen LogP contribution is 2.21. The van der Waals surface area contributed by atoms with Crippen LogP contribution in [0.5, 0.6) is 0 Å². The van der Waals surface area contributed by atoms with Crippen molar-refractivity contribution in [2.24, 2.45) is 5.92 Å². The number of hydrogen-bond donors (Lipinski definition) is 1. The van der Waals surface area contributed by atoms with Crippen molar-refractivity contribution in [3.8, 4) is 12.3 Å². The summed E-state index contributed by atoms with van der Waals surface area (Å²) in [5.41, 5.74) is 3.16. The van der Waals surface area contributed by atoms with Gasteiger partial charge in [-0.25, -0.2) is 0 Å². The van der Waals surface area contributed by atoms with Gasteiger partial charge in [-0.3, -0.25) is 0 Å². The molecule has 0 fully saturated rings. The second-order valence-electron chi connectivity index (χ2n) is 3.25. The van der Waals surface area contributed by atoms with E-state index in [1.165, 1.54) is 0 Å². The summed E-state index contributed by atoms with van der Waals surface area (Å²) < 4.78 is 0. The molecule has 0 aromatic rings. The van der Waals surface area contributed by atoms with Crippen LogP contribution in [0.15, 0.2) is 35.6 Å². The van der Waals surface area contributed by atoms with Gasteiger partial charge in [-0.1, -0.05) is 38.0 Å². The molecule has 0 aliphatic carbocycles. The SMILES string of the molecule is C#C[C@H](C)/C(C(=C)C)=C(\C=C/C)NC.CC. The molecule has 0 aliphatic heterocycles. The molecule has 0 radical (unpaired) electrons. The second kappa shape index (κ2) is 10.1. The Morgan fingerprint density at radius 1 is 1.44 bits per heavy atom. The molecule has 1 atom stereocenters. The molecule has 0 saturated carbocycles. The predicted molar refractivity (Wildman–Crippen MR) is 75.1 cm³/mol. The molecular formula is C15H25N. The third kappa shape index (κ3) is 5.46. The summed E-state index contributed by atoms with van der Waals surface area (Å²) in [6.07, 6.45) is 9.42. The van der Waals surface area contributed by atoms with Crippen LogP contribution in [0.3, 0.4) is 0 Å². The first-order valence-corrected chi connectivity index (χ1v) is 5.75. The number of likely N-dealkylation sites (N-methyl/N-ethyl adjacent to an activating group) is 1. The van der Waals surface area contributed by atoms with Gasteiger partial charge in [0.2, 0.25) is 0 Å². The van der Waals surface area contributed by atoms with E-state index in [0.717, 1.165) is 16.8 Å². The quantitative estimate of drug-likeness (QED) is 0.558. The van der Waals surface area contributed by atoms with E-state index in [1.54, 1.807) is 0 Å². The molecule has 0 amide bonds. The fourth-order valence-corrected chi connectivity index (χ4v) is 1.39. The van der Waals surface area contributed by atoms with Crippen molar-refractivity contribution in [3.05, 3.63) is 35.6 Å². The van der Waals surface area contributed by atoms with Crippen LogP contribution >= 0.6 is 0 Å². The van der Waals surface area contributed by atoms with Crippen molar-refractivity contribution >= 4 is 0 Å². The lowest BCUT2D eigenvalue weighted by Gasteiger charge is -2.15. The third-order valence-electron chi connectivity index (χ3n) is 2.04. The summed E-state index contributed by atoms with van der Waals surface area (Å²) in [7, 11) is 1.89. The highest BCUT2D eigenvalue weighted by molar-refractivity contribution is 5.40. The Labute approximate surface area is 101 Å². The lowest BCUT2D eigenvalue weighted by molar-refractivity contribution is 0.859. The van der Waals surface area contributed by atoms with E-state index in [2.05, 4.69) is 17.8 Å². The van der Waals surface area contributed by atoms with E-state index in [0.29, 0.717) is 0 Å². The van der Waals surface area contributed by atoms with Crippen molar-refractivity contribution in [1.82, 2.24) is 5.32 Å². The lowest BCUT2D eigenvalue weighted by atomic mass is 9.94. The zero-order chi connectivity index (χ0) is 13.1. The molecule has 0 heterocycles. The molecule has 0 bridgehead atoms. The Bertz CT molecular complexity index is 300. The van der Waals surface area contributed by atoms with Crippen LogP contribution in [0, 0.1) is 18.3 Å². The highest BCUT2D eigenvalue weighted by Gasteiger charge is 2.10.